The minimum Gasteiger partial charge on any atom is -0.481 e. The molecule has 0 radical (unpaired) electrons. The third kappa shape index (κ3) is 6.07. The van der Waals surface area contributed by atoms with Gasteiger partial charge in [0, 0.05) is 19.4 Å². The van der Waals surface area contributed by atoms with Crippen molar-refractivity contribution in [2.75, 3.05) is 13.1 Å². The summed E-state index contributed by atoms with van der Waals surface area (Å²) in [6.45, 7) is 4.65. The molecule has 0 heterocycles. The molecule has 1 amide bonds. The number of aliphatic carboxylic acids is 1. The van der Waals surface area contributed by atoms with Gasteiger partial charge in [-0.1, -0.05) is 19.8 Å². The summed E-state index contributed by atoms with van der Waals surface area (Å²) in [6, 6.07) is 0. The van der Waals surface area contributed by atoms with Crippen molar-refractivity contribution in [1.82, 2.24) is 4.90 Å². The summed E-state index contributed by atoms with van der Waals surface area (Å²) in [5.41, 5.74) is 0. The summed E-state index contributed by atoms with van der Waals surface area (Å²) in [5.74, 6) is 1.35. The van der Waals surface area contributed by atoms with Crippen molar-refractivity contribution in [2.45, 2.75) is 33.1 Å². The van der Waals surface area contributed by atoms with E-state index < -0.39 is 5.97 Å². The highest BCUT2D eigenvalue weighted by Gasteiger charge is 2.17. The summed E-state index contributed by atoms with van der Waals surface area (Å²) < 4.78 is 0. The van der Waals surface area contributed by atoms with Crippen LogP contribution in [0.15, 0.2) is 0 Å². The highest BCUT2D eigenvalue weighted by atomic mass is 16.4. The highest BCUT2D eigenvalue weighted by molar-refractivity contribution is 5.77. The smallest absolute Gasteiger partial charge is 0.303 e. The van der Waals surface area contributed by atoms with Crippen LogP contribution >= 0.6 is 0 Å². The zero-order chi connectivity index (χ0) is 12.6. The van der Waals surface area contributed by atoms with Crippen LogP contribution in [0, 0.1) is 18.3 Å². The quantitative estimate of drug-likeness (QED) is 0.665. The molecule has 0 bridgehead atoms. The van der Waals surface area contributed by atoms with Gasteiger partial charge in [0.2, 0.25) is 5.91 Å². The van der Waals surface area contributed by atoms with Gasteiger partial charge in [-0.2, -0.15) is 0 Å². The van der Waals surface area contributed by atoms with E-state index in [1.54, 1.807) is 11.8 Å². The van der Waals surface area contributed by atoms with E-state index in [-0.39, 0.29) is 24.7 Å². The fourth-order valence-corrected chi connectivity index (χ4v) is 1.47. The molecule has 0 aromatic rings. The first kappa shape index (κ1) is 14.5. The van der Waals surface area contributed by atoms with Gasteiger partial charge in [-0.3, -0.25) is 9.59 Å². The van der Waals surface area contributed by atoms with Crippen molar-refractivity contribution < 1.29 is 14.7 Å². The van der Waals surface area contributed by atoms with Gasteiger partial charge in [-0.05, 0) is 12.3 Å². The van der Waals surface area contributed by atoms with Crippen LogP contribution < -0.4 is 0 Å². The molecule has 4 nitrogen and oxygen atoms in total. The Morgan fingerprint density at radius 2 is 2.06 bits per heavy atom. The van der Waals surface area contributed by atoms with Crippen LogP contribution in [0.1, 0.15) is 33.1 Å². The van der Waals surface area contributed by atoms with Crippen molar-refractivity contribution in [2.24, 2.45) is 5.92 Å². The third-order valence-electron chi connectivity index (χ3n) is 2.17. The summed E-state index contributed by atoms with van der Waals surface area (Å²) in [6.07, 6.45) is 6.28. The Labute approximate surface area is 96.6 Å². The van der Waals surface area contributed by atoms with E-state index in [4.69, 9.17) is 11.5 Å². The van der Waals surface area contributed by atoms with Crippen LogP contribution in [0.2, 0.25) is 0 Å². The maximum atomic E-state index is 11.8. The molecule has 0 aliphatic rings. The van der Waals surface area contributed by atoms with Crippen LogP contribution in [0.3, 0.4) is 0 Å². The number of carbonyl (C=O) groups is 2. The highest BCUT2D eigenvalue weighted by Crippen LogP contribution is 2.10. The number of carboxylic acid groups (broad SMARTS) is 1. The molecule has 0 saturated carbocycles. The fraction of sp³-hybridized carbons (Fsp3) is 0.667. The standard InChI is InChI=1S/C12H19NO3/c1-4-6-13(7-5-2)11(14)8-10(3)9-12(15)16/h1,10H,5-9H2,2-3H3,(H,15,16). The Balaban J connectivity index is 4.19. The number of hydrogen-bond acceptors (Lipinski definition) is 2. The van der Waals surface area contributed by atoms with Crippen LogP contribution in [-0.2, 0) is 9.59 Å². The number of terminal acetylenes is 1. The molecular weight excluding hydrogens is 206 g/mol. The second kappa shape index (κ2) is 7.75. The molecule has 90 valence electrons. The minimum absolute atomic E-state index is 0.0156. The second-order valence-electron chi connectivity index (χ2n) is 3.93. The molecule has 1 unspecified atom stereocenters. The van der Waals surface area contributed by atoms with E-state index in [9.17, 15) is 9.59 Å². The summed E-state index contributed by atoms with van der Waals surface area (Å²) in [5, 5.41) is 8.58. The SMILES string of the molecule is C#CCN(CCC)C(=O)CC(C)CC(=O)O. The predicted octanol–water partition coefficient (Wildman–Crippen LogP) is 1.36. The minimum atomic E-state index is -0.876. The summed E-state index contributed by atoms with van der Waals surface area (Å²) >= 11 is 0. The first-order chi connectivity index (χ1) is 7.51. The van der Waals surface area contributed by atoms with Crippen molar-refractivity contribution in [3.63, 3.8) is 0 Å². The Hall–Kier alpha value is -1.50. The Kier molecular flexibility index (Phi) is 7.02. The van der Waals surface area contributed by atoms with Crippen molar-refractivity contribution in [3.05, 3.63) is 0 Å². The van der Waals surface area contributed by atoms with Gasteiger partial charge in [0.05, 0.1) is 6.54 Å². The van der Waals surface area contributed by atoms with Gasteiger partial charge in [0.1, 0.15) is 0 Å². The Morgan fingerprint density at radius 1 is 1.44 bits per heavy atom. The molecule has 0 spiro atoms. The van der Waals surface area contributed by atoms with Crippen molar-refractivity contribution in [1.29, 1.82) is 0 Å². The number of amides is 1. The van der Waals surface area contributed by atoms with Crippen LogP contribution in [0.25, 0.3) is 0 Å². The molecule has 0 fully saturated rings. The number of hydrogen-bond donors (Lipinski definition) is 1. The van der Waals surface area contributed by atoms with Crippen LogP contribution in [0.4, 0.5) is 0 Å². The number of carbonyl (C=O) groups excluding carboxylic acids is 1. The van der Waals surface area contributed by atoms with Crippen LogP contribution in [0.5, 0.6) is 0 Å². The lowest BCUT2D eigenvalue weighted by atomic mass is 10.0. The van der Waals surface area contributed by atoms with E-state index in [0.717, 1.165) is 6.42 Å². The zero-order valence-electron chi connectivity index (χ0n) is 9.90. The fourth-order valence-electron chi connectivity index (χ4n) is 1.47. The molecule has 16 heavy (non-hydrogen) atoms. The first-order valence-electron chi connectivity index (χ1n) is 5.44. The van der Waals surface area contributed by atoms with Gasteiger partial charge in [0.15, 0.2) is 0 Å². The molecule has 0 aliphatic carbocycles. The summed E-state index contributed by atoms with van der Waals surface area (Å²) in [7, 11) is 0. The van der Waals surface area contributed by atoms with E-state index >= 15 is 0 Å². The third-order valence-corrected chi connectivity index (χ3v) is 2.17. The lowest BCUT2D eigenvalue weighted by molar-refractivity contribution is -0.138. The molecule has 1 atom stereocenters. The number of nitrogens with zero attached hydrogens (tertiary/aromatic N) is 1. The van der Waals surface area contributed by atoms with Gasteiger partial charge in [-0.15, -0.1) is 6.42 Å². The maximum absolute atomic E-state index is 11.8. The molecule has 4 heteroatoms. The lowest BCUT2D eigenvalue weighted by Gasteiger charge is -2.21. The molecule has 1 N–H and O–H groups in total. The van der Waals surface area contributed by atoms with E-state index in [1.165, 1.54) is 0 Å². The average Bonchev–Trinajstić information content (AvgIpc) is 2.15. The number of rotatable bonds is 7. The molecular formula is C12H19NO3. The van der Waals surface area contributed by atoms with E-state index in [2.05, 4.69) is 5.92 Å². The topological polar surface area (TPSA) is 57.6 Å². The average molecular weight is 225 g/mol. The van der Waals surface area contributed by atoms with Crippen molar-refractivity contribution in [3.8, 4) is 12.3 Å². The molecule has 0 aliphatic heterocycles. The Morgan fingerprint density at radius 3 is 2.50 bits per heavy atom. The van der Waals surface area contributed by atoms with E-state index in [1.807, 2.05) is 6.92 Å². The largest absolute Gasteiger partial charge is 0.481 e. The molecule has 0 saturated heterocycles. The summed E-state index contributed by atoms with van der Waals surface area (Å²) in [4.78, 5) is 23.8. The Bertz CT molecular complexity index is 280. The predicted molar refractivity (Wildman–Crippen MR) is 61.7 cm³/mol. The van der Waals surface area contributed by atoms with Gasteiger partial charge in [0.25, 0.3) is 0 Å². The zero-order valence-corrected chi connectivity index (χ0v) is 9.90. The van der Waals surface area contributed by atoms with Gasteiger partial charge < -0.3 is 10.0 Å². The van der Waals surface area contributed by atoms with Crippen LogP contribution in [-0.4, -0.2) is 35.0 Å². The maximum Gasteiger partial charge on any atom is 0.303 e. The normalized spacial score (nSPS) is 11.6. The number of carboxylic acids is 1. The van der Waals surface area contributed by atoms with Gasteiger partial charge >= 0.3 is 5.97 Å². The van der Waals surface area contributed by atoms with Crippen molar-refractivity contribution >= 4 is 11.9 Å². The molecule has 0 aromatic heterocycles. The molecule has 0 rings (SSSR count). The second-order valence-corrected chi connectivity index (χ2v) is 3.93. The monoisotopic (exact) mass is 225 g/mol. The molecule has 0 aromatic carbocycles. The van der Waals surface area contributed by atoms with Gasteiger partial charge in [-0.25, -0.2) is 0 Å². The lowest BCUT2D eigenvalue weighted by Crippen LogP contribution is -2.33. The first-order valence-corrected chi connectivity index (χ1v) is 5.44. The van der Waals surface area contributed by atoms with E-state index in [0.29, 0.717) is 13.1 Å².